The Morgan fingerprint density at radius 2 is 1.94 bits per heavy atom. The maximum Gasteiger partial charge on any atom is 0.136 e. The van der Waals surface area contributed by atoms with Gasteiger partial charge in [0.05, 0.1) is 30.0 Å². The van der Waals surface area contributed by atoms with Gasteiger partial charge < -0.3 is 14.2 Å². The summed E-state index contributed by atoms with van der Waals surface area (Å²) < 4.78 is 17.5. The third kappa shape index (κ3) is 3.67. The molecule has 0 amide bonds. The molecule has 0 spiro atoms. The molecule has 1 aliphatic heterocycles. The van der Waals surface area contributed by atoms with Gasteiger partial charge in [-0.15, -0.1) is 0 Å². The Morgan fingerprint density at radius 3 is 2.62 bits per heavy atom. The van der Waals surface area contributed by atoms with Crippen LogP contribution in [-0.2, 0) is 13.2 Å². The normalized spacial score (nSPS) is 14.7. The molecule has 0 bridgehead atoms. The number of fused-ring (bicyclic) bond motifs is 1. The molecule has 3 heterocycles. The van der Waals surface area contributed by atoms with Crippen LogP contribution in [0.25, 0.3) is 28.6 Å². The molecule has 5 rings (SSSR count). The second-order valence-corrected chi connectivity index (χ2v) is 8.29. The van der Waals surface area contributed by atoms with Crippen molar-refractivity contribution >= 4 is 11.6 Å². The van der Waals surface area contributed by atoms with Crippen molar-refractivity contribution in [1.82, 2.24) is 19.1 Å². The number of rotatable bonds is 4. The first-order chi connectivity index (χ1) is 15.5. The summed E-state index contributed by atoms with van der Waals surface area (Å²) in [5.74, 6) is 0.597. The van der Waals surface area contributed by atoms with Crippen molar-refractivity contribution in [3.05, 3.63) is 89.1 Å². The van der Waals surface area contributed by atoms with E-state index in [0.717, 1.165) is 64.7 Å². The number of imidazole rings is 2. The molecule has 0 atom stereocenters. The number of halogens is 1. The van der Waals surface area contributed by atoms with E-state index in [-0.39, 0.29) is 12.4 Å². The maximum absolute atomic E-state index is 13.4. The van der Waals surface area contributed by atoms with E-state index in [0.29, 0.717) is 0 Å². The lowest BCUT2D eigenvalue weighted by atomic mass is 10.0. The van der Waals surface area contributed by atoms with Crippen LogP contribution in [0.3, 0.4) is 0 Å². The molecule has 0 saturated carbocycles. The van der Waals surface area contributed by atoms with Crippen LogP contribution in [0.5, 0.6) is 0 Å². The number of aromatic nitrogens is 4. The Kier molecular flexibility index (Phi) is 5.23. The lowest BCUT2D eigenvalue weighted by molar-refractivity contribution is 0.270. The SMILES string of the molecule is Cc1cn(-c2ccc(/C=C3\CCCn4c3nc(-c3ccc(F)cc3)c4CO)cc2C)cn1. The van der Waals surface area contributed by atoms with Crippen molar-refractivity contribution < 1.29 is 9.50 Å². The second-order valence-electron chi connectivity index (χ2n) is 8.29. The molecule has 1 aliphatic rings. The van der Waals surface area contributed by atoms with Gasteiger partial charge in [-0.25, -0.2) is 14.4 Å². The fourth-order valence-corrected chi connectivity index (χ4v) is 4.46. The van der Waals surface area contributed by atoms with E-state index in [1.165, 1.54) is 17.7 Å². The summed E-state index contributed by atoms with van der Waals surface area (Å²) in [7, 11) is 0. The standard InChI is InChI=1S/C26H25FN4O/c1-17-12-19(5-10-23(17)30-14-18(2)28-16-30)13-21-4-3-11-31-24(15-32)25(29-26(21)31)20-6-8-22(27)9-7-20/h5-10,12-14,16,32H,3-4,11,15H2,1-2H3/b21-13+. The fourth-order valence-electron chi connectivity index (χ4n) is 4.46. The molecule has 5 nitrogen and oxygen atoms in total. The van der Waals surface area contributed by atoms with E-state index in [4.69, 9.17) is 4.98 Å². The number of hydrogen-bond donors (Lipinski definition) is 1. The molecule has 2 aromatic heterocycles. The summed E-state index contributed by atoms with van der Waals surface area (Å²) in [5, 5.41) is 10.1. The quantitative estimate of drug-likeness (QED) is 0.479. The third-order valence-corrected chi connectivity index (χ3v) is 6.01. The van der Waals surface area contributed by atoms with E-state index in [1.54, 1.807) is 12.1 Å². The van der Waals surface area contributed by atoms with Crippen molar-refractivity contribution in [2.24, 2.45) is 0 Å². The molecular weight excluding hydrogens is 403 g/mol. The Morgan fingerprint density at radius 1 is 1.12 bits per heavy atom. The van der Waals surface area contributed by atoms with Gasteiger partial charge in [0.25, 0.3) is 0 Å². The van der Waals surface area contributed by atoms with Crippen LogP contribution in [0.15, 0.2) is 55.0 Å². The highest BCUT2D eigenvalue weighted by molar-refractivity contribution is 5.81. The molecular formula is C26H25FN4O. The summed E-state index contributed by atoms with van der Waals surface area (Å²) in [6.45, 7) is 4.79. The number of aliphatic hydroxyl groups excluding tert-OH is 1. The average molecular weight is 429 g/mol. The van der Waals surface area contributed by atoms with Crippen LogP contribution in [0.2, 0.25) is 0 Å². The minimum absolute atomic E-state index is 0.106. The van der Waals surface area contributed by atoms with Gasteiger partial charge in [-0.1, -0.05) is 6.07 Å². The maximum atomic E-state index is 13.4. The predicted molar refractivity (Wildman–Crippen MR) is 124 cm³/mol. The summed E-state index contributed by atoms with van der Waals surface area (Å²) in [6, 6.07) is 12.7. The zero-order chi connectivity index (χ0) is 22.2. The lowest BCUT2D eigenvalue weighted by Crippen LogP contribution is -2.12. The van der Waals surface area contributed by atoms with Crippen molar-refractivity contribution in [1.29, 1.82) is 0 Å². The van der Waals surface area contributed by atoms with E-state index in [1.807, 2.05) is 24.0 Å². The van der Waals surface area contributed by atoms with Crippen LogP contribution < -0.4 is 0 Å². The van der Waals surface area contributed by atoms with Crippen LogP contribution >= 0.6 is 0 Å². The van der Waals surface area contributed by atoms with Crippen molar-refractivity contribution in [2.45, 2.75) is 39.8 Å². The third-order valence-electron chi connectivity index (χ3n) is 6.01. The van der Waals surface area contributed by atoms with Gasteiger partial charge in [0.15, 0.2) is 0 Å². The smallest absolute Gasteiger partial charge is 0.136 e. The molecule has 0 aliphatic carbocycles. The molecule has 0 fully saturated rings. The molecule has 2 aromatic carbocycles. The van der Waals surface area contributed by atoms with Gasteiger partial charge in [-0.05, 0) is 85.9 Å². The highest BCUT2D eigenvalue weighted by Gasteiger charge is 2.23. The van der Waals surface area contributed by atoms with E-state index in [2.05, 4.69) is 40.7 Å². The van der Waals surface area contributed by atoms with Crippen LogP contribution in [0, 0.1) is 19.7 Å². The Labute approximate surface area is 186 Å². The van der Waals surface area contributed by atoms with E-state index in [9.17, 15) is 9.50 Å². The molecule has 162 valence electrons. The summed E-state index contributed by atoms with van der Waals surface area (Å²) in [4.78, 5) is 9.21. The Balaban J connectivity index is 1.54. The van der Waals surface area contributed by atoms with Crippen LogP contribution in [0.1, 0.15) is 41.2 Å². The summed E-state index contributed by atoms with van der Waals surface area (Å²) >= 11 is 0. The largest absolute Gasteiger partial charge is 0.390 e. The van der Waals surface area contributed by atoms with Gasteiger partial charge in [-0.2, -0.15) is 0 Å². The Bertz CT molecular complexity index is 1310. The molecule has 32 heavy (non-hydrogen) atoms. The minimum atomic E-state index is -0.284. The van der Waals surface area contributed by atoms with Gasteiger partial charge in [0.2, 0.25) is 0 Å². The monoisotopic (exact) mass is 428 g/mol. The first-order valence-corrected chi connectivity index (χ1v) is 10.8. The number of hydrogen-bond acceptors (Lipinski definition) is 3. The predicted octanol–water partition coefficient (Wildman–Crippen LogP) is 5.32. The number of nitrogens with zero attached hydrogens (tertiary/aromatic N) is 4. The van der Waals surface area contributed by atoms with Crippen molar-refractivity contribution in [3.63, 3.8) is 0 Å². The molecule has 0 saturated heterocycles. The first kappa shape index (κ1) is 20.4. The molecule has 1 N–H and O–H groups in total. The fraction of sp³-hybridized carbons (Fsp3) is 0.231. The Hall–Kier alpha value is -3.51. The molecule has 0 unspecified atom stereocenters. The van der Waals surface area contributed by atoms with Crippen LogP contribution in [0.4, 0.5) is 4.39 Å². The van der Waals surface area contributed by atoms with Crippen molar-refractivity contribution in [3.8, 4) is 16.9 Å². The number of aryl methyl sites for hydroxylation is 2. The zero-order valence-electron chi connectivity index (χ0n) is 18.2. The summed E-state index contributed by atoms with van der Waals surface area (Å²) in [5.41, 5.74) is 7.83. The van der Waals surface area contributed by atoms with Gasteiger partial charge in [-0.3, -0.25) is 0 Å². The molecule has 6 heteroatoms. The summed E-state index contributed by atoms with van der Waals surface area (Å²) in [6.07, 6.45) is 7.94. The highest BCUT2D eigenvalue weighted by Crippen LogP contribution is 2.34. The molecule has 0 radical (unpaired) electrons. The van der Waals surface area contributed by atoms with Gasteiger partial charge in [0, 0.05) is 24.0 Å². The van der Waals surface area contributed by atoms with Crippen molar-refractivity contribution in [2.75, 3.05) is 0 Å². The van der Waals surface area contributed by atoms with Gasteiger partial charge in [0.1, 0.15) is 11.6 Å². The minimum Gasteiger partial charge on any atom is -0.390 e. The topological polar surface area (TPSA) is 55.9 Å². The number of allylic oxidation sites excluding steroid dienone is 1. The lowest BCUT2D eigenvalue weighted by Gasteiger charge is -2.19. The van der Waals surface area contributed by atoms with E-state index < -0.39 is 0 Å². The highest BCUT2D eigenvalue weighted by atomic mass is 19.1. The average Bonchev–Trinajstić information content (AvgIpc) is 3.38. The van der Waals surface area contributed by atoms with E-state index >= 15 is 0 Å². The zero-order valence-corrected chi connectivity index (χ0v) is 18.2. The number of aliphatic hydroxyl groups is 1. The number of benzene rings is 2. The second kappa shape index (κ2) is 8.20. The van der Waals surface area contributed by atoms with Gasteiger partial charge >= 0.3 is 0 Å². The molecule has 4 aromatic rings. The van der Waals surface area contributed by atoms with Crippen LogP contribution in [-0.4, -0.2) is 24.2 Å². The first-order valence-electron chi connectivity index (χ1n) is 10.8.